The van der Waals surface area contributed by atoms with Gasteiger partial charge in [-0.05, 0) is 24.8 Å². The zero-order valence-electron chi connectivity index (χ0n) is 10.1. The Labute approximate surface area is 93.7 Å². The number of carbonyl (C=O) groups is 1. The average Bonchev–Trinajstić information content (AvgIpc) is 2.25. The lowest BCUT2D eigenvalue weighted by Gasteiger charge is -2.06. The summed E-state index contributed by atoms with van der Waals surface area (Å²) in [7, 11) is 0. The molecule has 0 N–H and O–H groups in total. The van der Waals surface area contributed by atoms with Crippen molar-refractivity contribution in [3.05, 3.63) is 11.6 Å². The van der Waals surface area contributed by atoms with E-state index < -0.39 is 0 Å². The van der Waals surface area contributed by atoms with Gasteiger partial charge in [0.1, 0.15) is 6.61 Å². The molecule has 0 spiro atoms. The predicted molar refractivity (Wildman–Crippen MR) is 63.8 cm³/mol. The Kier molecular flexibility index (Phi) is 10.7. The van der Waals surface area contributed by atoms with Gasteiger partial charge < -0.3 is 4.74 Å². The summed E-state index contributed by atoms with van der Waals surface area (Å²) in [5.74, 6) is 0. The van der Waals surface area contributed by atoms with Gasteiger partial charge in [-0.3, -0.25) is 4.79 Å². The van der Waals surface area contributed by atoms with Gasteiger partial charge in [-0.25, -0.2) is 0 Å². The van der Waals surface area contributed by atoms with E-state index in [4.69, 9.17) is 4.74 Å². The first kappa shape index (κ1) is 14.2. The van der Waals surface area contributed by atoms with Crippen LogP contribution >= 0.6 is 0 Å². The third-order valence-corrected chi connectivity index (χ3v) is 2.43. The molecule has 88 valence electrons. The van der Waals surface area contributed by atoms with Crippen LogP contribution in [0.2, 0.25) is 0 Å². The number of carbonyl (C=O) groups excluding carboxylic acids is 1. The van der Waals surface area contributed by atoms with E-state index in [-0.39, 0.29) is 0 Å². The minimum Gasteiger partial charge on any atom is -0.463 e. The standard InChI is InChI=1S/C13H24O2/c1-3-5-7-9-13(11-15-12-14)10-8-6-4-2/h9,12H,3-8,10-11H2,1-2H3/b13-9+. The molecule has 0 atom stereocenters. The van der Waals surface area contributed by atoms with Gasteiger partial charge in [0.05, 0.1) is 0 Å². The van der Waals surface area contributed by atoms with Crippen molar-refractivity contribution < 1.29 is 9.53 Å². The molecule has 0 aromatic carbocycles. The molecule has 2 nitrogen and oxygen atoms in total. The fourth-order valence-corrected chi connectivity index (χ4v) is 1.49. The Hall–Kier alpha value is -0.790. The summed E-state index contributed by atoms with van der Waals surface area (Å²) in [5, 5.41) is 0. The van der Waals surface area contributed by atoms with Crippen LogP contribution in [0.25, 0.3) is 0 Å². The van der Waals surface area contributed by atoms with Gasteiger partial charge in [0.2, 0.25) is 0 Å². The Morgan fingerprint density at radius 1 is 1.13 bits per heavy atom. The number of hydrogen-bond acceptors (Lipinski definition) is 2. The number of unbranched alkanes of at least 4 members (excludes halogenated alkanes) is 4. The molecular weight excluding hydrogens is 188 g/mol. The van der Waals surface area contributed by atoms with Crippen LogP contribution in [0.4, 0.5) is 0 Å². The summed E-state index contributed by atoms with van der Waals surface area (Å²) in [6.07, 6.45) is 10.6. The molecule has 0 amide bonds. The highest BCUT2D eigenvalue weighted by molar-refractivity contribution is 5.37. The van der Waals surface area contributed by atoms with Crippen LogP contribution < -0.4 is 0 Å². The molecule has 0 unspecified atom stereocenters. The van der Waals surface area contributed by atoms with Gasteiger partial charge in [0.25, 0.3) is 6.47 Å². The van der Waals surface area contributed by atoms with E-state index in [0.29, 0.717) is 13.1 Å². The minimum absolute atomic E-state index is 0.483. The van der Waals surface area contributed by atoms with Crippen LogP contribution in [0, 0.1) is 0 Å². The van der Waals surface area contributed by atoms with E-state index in [9.17, 15) is 4.79 Å². The van der Waals surface area contributed by atoms with E-state index in [1.165, 1.54) is 37.7 Å². The van der Waals surface area contributed by atoms with Crippen LogP contribution in [0.5, 0.6) is 0 Å². The average molecular weight is 212 g/mol. The largest absolute Gasteiger partial charge is 0.463 e. The zero-order valence-corrected chi connectivity index (χ0v) is 10.1. The van der Waals surface area contributed by atoms with Gasteiger partial charge in [0, 0.05) is 0 Å². The summed E-state index contributed by atoms with van der Waals surface area (Å²) >= 11 is 0. The lowest BCUT2D eigenvalue weighted by molar-refractivity contribution is -0.127. The van der Waals surface area contributed by atoms with Crippen molar-refractivity contribution in [2.24, 2.45) is 0 Å². The lowest BCUT2D eigenvalue weighted by atomic mass is 10.1. The topological polar surface area (TPSA) is 26.3 Å². The Balaban J connectivity index is 3.81. The van der Waals surface area contributed by atoms with Crippen molar-refractivity contribution in [2.45, 2.75) is 58.8 Å². The van der Waals surface area contributed by atoms with E-state index in [0.717, 1.165) is 12.8 Å². The van der Waals surface area contributed by atoms with Crippen molar-refractivity contribution in [2.75, 3.05) is 6.61 Å². The molecule has 0 aromatic rings. The summed E-state index contributed by atoms with van der Waals surface area (Å²) in [5.41, 5.74) is 1.28. The second-order valence-electron chi connectivity index (χ2n) is 3.87. The Morgan fingerprint density at radius 3 is 2.47 bits per heavy atom. The summed E-state index contributed by atoms with van der Waals surface area (Å²) in [6.45, 7) is 5.40. The summed E-state index contributed by atoms with van der Waals surface area (Å²) in [6, 6.07) is 0. The van der Waals surface area contributed by atoms with Crippen LogP contribution in [0.15, 0.2) is 11.6 Å². The van der Waals surface area contributed by atoms with Gasteiger partial charge in [0.15, 0.2) is 0 Å². The molecule has 2 heteroatoms. The predicted octanol–water partition coefficient (Wildman–Crippen LogP) is 3.86. The highest BCUT2D eigenvalue weighted by atomic mass is 16.5. The molecule has 0 saturated heterocycles. The van der Waals surface area contributed by atoms with Crippen molar-refractivity contribution >= 4 is 6.47 Å². The third-order valence-electron chi connectivity index (χ3n) is 2.43. The zero-order chi connectivity index (χ0) is 11.4. The molecule has 0 bridgehead atoms. The summed E-state index contributed by atoms with van der Waals surface area (Å²) in [4.78, 5) is 10.1. The molecule has 0 aliphatic heterocycles. The number of allylic oxidation sites excluding steroid dienone is 1. The molecular formula is C13H24O2. The first-order valence-corrected chi connectivity index (χ1v) is 6.08. The maximum absolute atomic E-state index is 10.1. The molecule has 0 aliphatic carbocycles. The molecule has 0 saturated carbocycles. The van der Waals surface area contributed by atoms with Crippen molar-refractivity contribution in [3.63, 3.8) is 0 Å². The van der Waals surface area contributed by atoms with E-state index in [1.54, 1.807) is 0 Å². The monoisotopic (exact) mass is 212 g/mol. The molecule has 15 heavy (non-hydrogen) atoms. The number of hydrogen-bond donors (Lipinski definition) is 0. The van der Waals surface area contributed by atoms with Gasteiger partial charge >= 0.3 is 0 Å². The van der Waals surface area contributed by atoms with Crippen molar-refractivity contribution in [3.8, 4) is 0 Å². The van der Waals surface area contributed by atoms with E-state index in [2.05, 4.69) is 19.9 Å². The fourth-order valence-electron chi connectivity index (χ4n) is 1.49. The fraction of sp³-hybridized carbons (Fsp3) is 0.769. The molecule has 0 rings (SSSR count). The van der Waals surface area contributed by atoms with Crippen LogP contribution in [0.3, 0.4) is 0 Å². The quantitative estimate of drug-likeness (QED) is 0.312. The molecule has 0 fully saturated rings. The van der Waals surface area contributed by atoms with Gasteiger partial charge in [-0.1, -0.05) is 45.6 Å². The first-order valence-electron chi connectivity index (χ1n) is 6.08. The van der Waals surface area contributed by atoms with Crippen molar-refractivity contribution in [1.82, 2.24) is 0 Å². The number of ether oxygens (including phenoxy) is 1. The van der Waals surface area contributed by atoms with Crippen LogP contribution in [-0.4, -0.2) is 13.1 Å². The van der Waals surface area contributed by atoms with Gasteiger partial charge in [-0.2, -0.15) is 0 Å². The third kappa shape index (κ3) is 9.51. The molecule has 0 heterocycles. The number of rotatable bonds is 10. The molecule has 0 aromatic heterocycles. The lowest BCUT2D eigenvalue weighted by Crippen LogP contribution is -1.97. The molecule has 0 radical (unpaired) electrons. The molecule has 0 aliphatic rings. The Morgan fingerprint density at radius 2 is 1.87 bits per heavy atom. The maximum Gasteiger partial charge on any atom is 0.293 e. The van der Waals surface area contributed by atoms with Crippen LogP contribution in [0.1, 0.15) is 58.8 Å². The van der Waals surface area contributed by atoms with Crippen LogP contribution in [-0.2, 0) is 9.53 Å². The van der Waals surface area contributed by atoms with Crippen molar-refractivity contribution in [1.29, 1.82) is 0 Å². The SMILES string of the molecule is CCCC/C=C(\CCCCC)COC=O. The van der Waals surface area contributed by atoms with E-state index in [1.807, 2.05) is 0 Å². The highest BCUT2D eigenvalue weighted by Gasteiger charge is 1.97. The Bertz CT molecular complexity index is 173. The summed E-state index contributed by atoms with van der Waals surface area (Å²) < 4.78 is 4.81. The smallest absolute Gasteiger partial charge is 0.293 e. The minimum atomic E-state index is 0.483. The van der Waals surface area contributed by atoms with E-state index >= 15 is 0 Å². The second-order valence-corrected chi connectivity index (χ2v) is 3.87. The first-order chi connectivity index (χ1) is 7.35. The van der Waals surface area contributed by atoms with Gasteiger partial charge in [-0.15, -0.1) is 0 Å². The maximum atomic E-state index is 10.1. The normalized spacial score (nSPS) is 11.5. The highest BCUT2D eigenvalue weighted by Crippen LogP contribution is 2.11. The second kappa shape index (κ2) is 11.3.